The van der Waals surface area contributed by atoms with E-state index in [0.717, 1.165) is 55.2 Å². The summed E-state index contributed by atoms with van der Waals surface area (Å²) < 4.78 is 126. The number of rotatable bonds is 14. The molecule has 18 nitrogen and oxygen atoms in total. The fraction of sp³-hybridized carbons (Fsp3) is 0.188. The van der Waals surface area contributed by atoms with E-state index in [0.29, 0.717) is 18.2 Å². The number of ketones is 1. The standard InChI is InChI=1S/C16H13ClF3N5O.C16H14F3N5O.C10H7F2N3O.C6H4ClFN2/c1-9(14-13(20)15(17)23-7-22-14)16(26,5-25-8-21-6-24-25)11-3-2-10(18)4-12(11)19;1-10(15-14(19)5-20-7-22-15)16(25,6-24-9-21-8-23-24)12-3-2-11(17)4-13(12)18;11-7-1-2-8(9(12)3-7)10(16)4-15-6-13-5-14-15;1-2-4-5(8)6(7)10-3-9-4/h2-4,6-9,26H,5H2,1H3;2-5,7-10,25H,6H2,1H3;1-3,5-6H,4H2;2-3H,1H2/t9-,16+;10-,16+;;/m00../s1. The summed E-state index contributed by atoms with van der Waals surface area (Å²) in [5, 5.41) is 33.5. The summed E-state index contributed by atoms with van der Waals surface area (Å²) in [4.78, 5) is 44.6. The Hall–Kier alpha value is -8.40. The van der Waals surface area contributed by atoms with Crippen molar-refractivity contribution in [2.24, 2.45) is 0 Å². The largest absolute Gasteiger partial charge is 0.382 e. The molecule has 0 aliphatic rings. The lowest BCUT2D eigenvalue weighted by atomic mass is 9.79. The molecule has 6 heterocycles. The molecule has 0 aliphatic carbocycles. The third-order valence-corrected chi connectivity index (χ3v) is 11.8. The Morgan fingerprint density at radius 1 is 0.571 bits per heavy atom. The number of benzene rings is 3. The van der Waals surface area contributed by atoms with Crippen LogP contribution in [0.3, 0.4) is 0 Å². The van der Waals surface area contributed by atoms with Gasteiger partial charge in [-0.05, 0) is 30.3 Å². The second-order valence-electron chi connectivity index (χ2n) is 16.1. The molecule has 0 fully saturated rings. The molecule has 0 amide bonds. The quantitative estimate of drug-likeness (QED) is 0.0592. The van der Waals surface area contributed by atoms with E-state index in [1.54, 1.807) is 0 Å². The number of aromatic nitrogens is 15. The smallest absolute Gasteiger partial charge is 0.187 e. The highest BCUT2D eigenvalue weighted by atomic mass is 35.5. The van der Waals surface area contributed by atoms with Gasteiger partial charge in [0.25, 0.3) is 0 Å². The first-order chi connectivity index (χ1) is 36.7. The van der Waals surface area contributed by atoms with Gasteiger partial charge in [-0.2, -0.15) is 15.3 Å². The Morgan fingerprint density at radius 2 is 1.03 bits per heavy atom. The van der Waals surface area contributed by atoms with Crippen molar-refractivity contribution >= 4 is 35.1 Å². The van der Waals surface area contributed by atoms with Gasteiger partial charge in [0.2, 0.25) is 0 Å². The van der Waals surface area contributed by atoms with E-state index in [-0.39, 0.29) is 58.6 Å². The highest BCUT2D eigenvalue weighted by Crippen LogP contribution is 2.41. The van der Waals surface area contributed by atoms with Gasteiger partial charge in [-0.25, -0.2) is 98.4 Å². The zero-order valence-corrected chi connectivity index (χ0v) is 41.2. The van der Waals surface area contributed by atoms with E-state index in [2.05, 4.69) is 66.7 Å². The third kappa shape index (κ3) is 14.3. The van der Waals surface area contributed by atoms with Crippen LogP contribution in [0.25, 0.3) is 6.08 Å². The van der Waals surface area contributed by atoms with Crippen molar-refractivity contribution in [3.8, 4) is 0 Å². The fourth-order valence-electron chi connectivity index (χ4n) is 7.24. The third-order valence-electron chi connectivity index (χ3n) is 11.2. The molecular formula is C48H38Cl2F9N15O3. The molecule has 77 heavy (non-hydrogen) atoms. The van der Waals surface area contributed by atoms with Crippen LogP contribution in [-0.4, -0.2) is 90.2 Å². The summed E-state index contributed by atoms with van der Waals surface area (Å²) in [6.07, 6.45) is 13.3. The maximum absolute atomic E-state index is 14.4. The van der Waals surface area contributed by atoms with Gasteiger partial charge < -0.3 is 10.2 Å². The predicted molar refractivity (Wildman–Crippen MR) is 254 cm³/mol. The van der Waals surface area contributed by atoms with Crippen molar-refractivity contribution in [2.45, 2.75) is 56.5 Å². The molecule has 0 saturated heterocycles. The number of hydrogen-bond acceptors (Lipinski definition) is 15. The molecule has 0 radical (unpaired) electrons. The average molecular weight is 1110 g/mol. The molecule has 0 bridgehead atoms. The minimum Gasteiger partial charge on any atom is -0.382 e. The highest BCUT2D eigenvalue weighted by Gasteiger charge is 2.43. The summed E-state index contributed by atoms with van der Waals surface area (Å²) in [6.45, 7) is 5.64. The first-order valence-electron chi connectivity index (χ1n) is 21.9. The second kappa shape index (κ2) is 25.9. The molecule has 0 spiro atoms. The Balaban J connectivity index is 0.000000175. The van der Waals surface area contributed by atoms with Crippen LogP contribution >= 0.6 is 23.2 Å². The molecule has 9 aromatic rings. The van der Waals surface area contributed by atoms with Crippen LogP contribution < -0.4 is 0 Å². The van der Waals surface area contributed by atoms with Crippen molar-refractivity contribution in [2.75, 3.05) is 0 Å². The van der Waals surface area contributed by atoms with Crippen LogP contribution in [0.15, 0.2) is 124 Å². The lowest BCUT2D eigenvalue weighted by Crippen LogP contribution is -2.39. The van der Waals surface area contributed by atoms with Crippen LogP contribution in [0.2, 0.25) is 10.3 Å². The first kappa shape index (κ1) is 57.9. The number of halogens is 11. The van der Waals surface area contributed by atoms with E-state index in [4.69, 9.17) is 23.2 Å². The Bertz CT molecular complexity index is 3430. The van der Waals surface area contributed by atoms with Crippen LogP contribution in [0.1, 0.15) is 64.2 Å². The van der Waals surface area contributed by atoms with Gasteiger partial charge in [0.15, 0.2) is 33.5 Å². The molecule has 400 valence electrons. The van der Waals surface area contributed by atoms with Gasteiger partial charge in [0.05, 0.1) is 36.2 Å². The molecule has 3 aromatic carbocycles. The van der Waals surface area contributed by atoms with Crippen LogP contribution in [0.4, 0.5) is 39.5 Å². The number of nitrogens with zero attached hydrogens (tertiary/aromatic N) is 15. The topological polar surface area (TPSA) is 227 Å². The maximum Gasteiger partial charge on any atom is 0.187 e. The van der Waals surface area contributed by atoms with Crippen LogP contribution in [-0.2, 0) is 30.8 Å². The van der Waals surface area contributed by atoms with Gasteiger partial charge in [0.1, 0.15) is 115 Å². The van der Waals surface area contributed by atoms with E-state index in [1.165, 1.54) is 78.3 Å². The summed E-state index contributed by atoms with van der Waals surface area (Å²) in [6, 6.07) is 8.36. The fourth-order valence-corrected chi connectivity index (χ4v) is 7.52. The van der Waals surface area contributed by atoms with Crippen molar-refractivity contribution in [3.63, 3.8) is 0 Å². The van der Waals surface area contributed by atoms with Crippen molar-refractivity contribution in [1.29, 1.82) is 0 Å². The van der Waals surface area contributed by atoms with E-state index in [1.807, 2.05) is 0 Å². The first-order valence-corrected chi connectivity index (χ1v) is 22.6. The Kier molecular flexibility index (Phi) is 19.5. The molecule has 4 atom stereocenters. The number of carbonyl (C=O) groups excluding carboxylic acids is 1. The number of Topliss-reactive ketones (excluding diaryl/α,β-unsaturated/α-hetero) is 1. The zero-order chi connectivity index (χ0) is 56.0. The van der Waals surface area contributed by atoms with E-state index in [9.17, 15) is 54.5 Å². The van der Waals surface area contributed by atoms with Gasteiger partial charge >= 0.3 is 0 Å². The summed E-state index contributed by atoms with van der Waals surface area (Å²) >= 11 is 11.0. The summed E-state index contributed by atoms with van der Waals surface area (Å²) in [5.41, 5.74) is -4.76. The minimum atomic E-state index is -2.02. The molecule has 0 aliphatic heterocycles. The maximum atomic E-state index is 14.4. The lowest BCUT2D eigenvalue weighted by Gasteiger charge is -2.34. The van der Waals surface area contributed by atoms with Gasteiger partial charge in [-0.15, -0.1) is 0 Å². The van der Waals surface area contributed by atoms with Crippen molar-refractivity contribution in [1.82, 2.24) is 74.2 Å². The molecule has 29 heteroatoms. The Labute approximate surface area is 439 Å². The van der Waals surface area contributed by atoms with Gasteiger partial charge in [-0.1, -0.05) is 55.8 Å². The van der Waals surface area contributed by atoms with Crippen LogP contribution in [0, 0.1) is 52.4 Å². The van der Waals surface area contributed by atoms with Gasteiger partial charge in [0, 0.05) is 41.2 Å². The highest BCUT2D eigenvalue weighted by molar-refractivity contribution is 6.29. The van der Waals surface area contributed by atoms with Crippen LogP contribution in [0.5, 0.6) is 0 Å². The minimum absolute atomic E-state index is 0.0960. The molecule has 2 N–H and O–H groups in total. The monoisotopic (exact) mass is 1110 g/mol. The van der Waals surface area contributed by atoms with Gasteiger partial charge in [-0.3, -0.25) is 4.79 Å². The number of aliphatic hydroxyl groups is 2. The molecule has 0 unspecified atom stereocenters. The number of carbonyl (C=O) groups is 1. The van der Waals surface area contributed by atoms with E-state index < -0.39 is 86.3 Å². The normalized spacial score (nSPS) is 13.2. The lowest BCUT2D eigenvalue weighted by molar-refractivity contribution is -0.0137. The van der Waals surface area contributed by atoms with E-state index >= 15 is 0 Å². The zero-order valence-electron chi connectivity index (χ0n) is 39.7. The molecular weight excluding hydrogens is 1080 g/mol. The van der Waals surface area contributed by atoms with Crippen molar-refractivity contribution in [3.05, 3.63) is 221 Å². The molecule has 6 aromatic heterocycles. The predicted octanol–water partition coefficient (Wildman–Crippen LogP) is 8.36. The summed E-state index contributed by atoms with van der Waals surface area (Å²) in [7, 11) is 0. The molecule has 0 saturated carbocycles. The average Bonchev–Trinajstić information content (AvgIpc) is 4.24. The second-order valence-corrected chi connectivity index (χ2v) is 16.8. The number of hydrogen-bond donors (Lipinski definition) is 2. The molecule has 9 rings (SSSR count). The summed E-state index contributed by atoms with van der Waals surface area (Å²) in [5.74, 6) is -9.96. The Morgan fingerprint density at radius 3 is 1.48 bits per heavy atom. The van der Waals surface area contributed by atoms with Crippen molar-refractivity contribution < 1.29 is 54.5 Å². The SMILES string of the molecule is C=Cc1ncnc(Cl)c1F.C[C@@H](c1ncnc(Cl)c1F)[C@](O)(Cn1cncn1)c1ccc(F)cc1F.C[C@@H](c1ncncc1F)[C@](O)(Cn1cncn1)c1ccc(F)cc1F.O=C(Cn1cncn1)c1ccc(F)cc1F.